The zero-order valence-electron chi connectivity index (χ0n) is 11.3. The van der Waals surface area contributed by atoms with E-state index in [1.165, 1.54) is 0 Å². The van der Waals surface area contributed by atoms with Crippen LogP contribution in [0.2, 0.25) is 0 Å². The second kappa shape index (κ2) is 5.36. The summed E-state index contributed by atoms with van der Waals surface area (Å²) in [5.41, 5.74) is 2.74. The lowest BCUT2D eigenvalue weighted by atomic mass is 9.94. The molecule has 1 aromatic rings. The lowest BCUT2D eigenvalue weighted by Crippen LogP contribution is -2.51. The van der Waals surface area contributed by atoms with Crippen LogP contribution in [0.1, 0.15) is 26.5 Å². The van der Waals surface area contributed by atoms with Crippen molar-refractivity contribution in [2.45, 2.75) is 27.3 Å². The molecule has 0 saturated carbocycles. The lowest BCUT2D eigenvalue weighted by Gasteiger charge is -2.37. The zero-order valence-corrected chi connectivity index (χ0v) is 12.2. The molecule has 0 spiro atoms. The quantitative estimate of drug-likeness (QED) is 0.820. The lowest BCUT2D eigenvalue weighted by molar-refractivity contribution is -0.141. The molecule has 1 aliphatic heterocycles. The average Bonchev–Trinajstić information content (AvgIpc) is 2.81. The van der Waals surface area contributed by atoms with Gasteiger partial charge in [0.2, 0.25) is 5.91 Å². The first-order chi connectivity index (χ1) is 8.47. The summed E-state index contributed by atoms with van der Waals surface area (Å²) in [5.74, 6) is 0.260. The summed E-state index contributed by atoms with van der Waals surface area (Å²) in [5, 5.41) is 2.09. The van der Waals surface area contributed by atoms with Gasteiger partial charge < -0.3 is 4.90 Å². The average molecular weight is 267 g/mol. The fraction of sp³-hybridized carbons (Fsp3) is 0.692. The molecule has 1 saturated heterocycles. The van der Waals surface area contributed by atoms with Gasteiger partial charge in [-0.2, -0.15) is 0 Å². The smallest absolute Gasteiger partial charge is 0.228 e. The van der Waals surface area contributed by atoms with E-state index in [0.29, 0.717) is 0 Å². The van der Waals surface area contributed by atoms with Gasteiger partial charge in [0.05, 0.1) is 11.2 Å². The predicted octanol–water partition coefficient (Wildman–Crippen LogP) is 1.83. The van der Waals surface area contributed by atoms with Crippen molar-refractivity contribution in [2.75, 3.05) is 26.2 Å². The Morgan fingerprint density at radius 3 is 2.50 bits per heavy atom. The molecular weight excluding hydrogens is 246 g/mol. The van der Waals surface area contributed by atoms with Gasteiger partial charge in [-0.25, -0.2) is 4.98 Å². The van der Waals surface area contributed by atoms with Gasteiger partial charge in [-0.1, -0.05) is 20.8 Å². The molecule has 2 heterocycles. The third kappa shape index (κ3) is 3.29. The number of nitrogens with zero attached hydrogens (tertiary/aromatic N) is 3. The van der Waals surface area contributed by atoms with E-state index in [1.807, 2.05) is 31.2 Å². The Bertz CT molecular complexity index is 389. The molecule has 0 aliphatic carbocycles. The van der Waals surface area contributed by atoms with Crippen LogP contribution in [0.5, 0.6) is 0 Å². The molecule has 1 amide bonds. The van der Waals surface area contributed by atoms with Crippen LogP contribution in [-0.4, -0.2) is 46.9 Å². The monoisotopic (exact) mass is 267 g/mol. The molecule has 1 aromatic heterocycles. The van der Waals surface area contributed by atoms with E-state index < -0.39 is 0 Å². The molecule has 100 valence electrons. The molecule has 1 fully saturated rings. The molecular formula is C13H21N3OS. The number of aromatic nitrogens is 1. The van der Waals surface area contributed by atoms with E-state index in [1.54, 1.807) is 11.3 Å². The third-order valence-corrected chi connectivity index (χ3v) is 3.81. The van der Waals surface area contributed by atoms with Gasteiger partial charge in [0.1, 0.15) is 0 Å². The molecule has 0 unspecified atom stereocenters. The van der Waals surface area contributed by atoms with Crippen molar-refractivity contribution < 1.29 is 4.79 Å². The maximum Gasteiger partial charge on any atom is 0.228 e. The van der Waals surface area contributed by atoms with Gasteiger partial charge in [-0.15, -0.1) is 11.3 Å². The fourth-order valence-corrected chi connectivity index (χ4v) is 2.68. The Hall–Kier alpha value is -0.940. The Morgan fingerprint density at radius 1 is 1.33 bits per heavy atom. The number of rotatable bonds is 2. The highest BCUT2D eigenvalue weighted by molar-refractivity contribution is 7.07. The van der Waals surface area contributed by atoms with Crippen LogP contribution < -0.4 is 0 Å². The van der Waals surface area contributed by atoms with Crippen LogP contribution in [0.4, 0.5) is 0 Å². The molecule has 4 nitrogen and oxygen atoms in total. The highest BCUT2D eigenvalue weighted by atomic mass is 32.1. The highest BCUT2D eigenvalue weighted by Gasteiger charge is 2.29. The Labute approximate surface area is 113 Å². The van der Waals surface area contributed by atoms with Gasteiger partial charge >= 0.3 is 0 Å². The van der Waals surface area contributed by atoms with Crippen LogP contribution in [0.15, 0.2) is 10.9 Å². The summed E-state index contributed by atoms with van der Waals surface area (Å²) in [6.45, 7) is 10.4. The van der Waals surface area contributed by atoms with E-state index >= 15 is 0 Å². The van der Waals surface area contributed by atoms with Gasteiger partial charge in [-0.05, 0) is 0 Å². The summed E-state index contributed by atoms with van der Waals surface area (Å²) in [6.07, 6.45) is 0. The number of hydrogen-bond donors (Lipinski definition) is 0. The van der Waals surface area contributed by atoms with Crippen LogP contribution >= 0.6 is 11.3 Å². The van der Waals surface area contributed by atoms with E-state index in [4.69, 9.17) is 0 Å². The number of carbonyl (C=O) groups excluding carboxylic acids is 1. The molecule has 1 aliphatic rings. The molecule has 0 N–H and O–H groups in total. The van der Waals surface area contributed by atoms with Crippen molar-refractivity contribution in [3.63, 3.8) is 0 Å². The van der Waals surface area contributed by atoms with Gasteiger partial charge in [-0.3, -0.25) is 9.69 Å². The standard InChI is InChI=1S/C13H21N3OS/c1-13(2,3)12(17)16-6-4-15(5-7-16)8-11-9-18-10-14-11/h9-10H,4-8H2,1-3H3. The number of thiazole rings is 1. The first kappa shape index (κ1) is 13.5. The van der Waals surface area contributed by atoms with Crippen molar-refractivity contribution in [1.82, 2.24) is 14.8 Å². The molecule has 2 rings (SSSR count). The highest BCUT2D eigenvalue weighted by Crippen LogP contribution is 2.19. The number of carbonyl (C=O) groups is 1. The van der Waals surface area contributed by atoms with Crippen LogP contribution in [0.25, 0.3) is 0 Å². The topological polar surface area (TPSA) is 36.4 Å². The van der Waals surface area contributed by atoms with E-state index in [9.17, 15) is 4.79 Å². The Morgan fingerprint density at radius 2 is 2.00 bits per heavy atom. The minimum absolute atomic E-state index is 0.260. The normalized spacial score (nSPS) is 18.1. The van der Waals surface area contributed by atoms with Crippen molar-refractivity contribution in [1.29, 1.82) is 0 Å². The van der Waals surface area contributed by atoms with Crippen LogP contribution in [0.3, 0.4) is 0 Å². The number of amides is 1. The second-order valence-electron chi connectivity index (χ2n) is 5.80. The summed E-state index contributed by atoms with van der Waals surface area (Å²) in [4.78, 5) is 20.8. The van der Waals surface area contributed by atoms with E-state index in [-0.39, 0.29) is 11.3 Å². The zero-order chi connectivity index (χ0) is 13.2. The van der Waals surface area contributed by atoms with Gasteiger partial charge in [0, 0.05) is 43.5 Å². The van der Waals surface area contributed by atoms with Crippen LogP contribution in [-0.2, 0) is 11.3 Å². The van der Waals surface area contributed by atoms with Gasteiger partial charge in [0.25, 0.3) is 0 Å². The largest absolute Gasteiger partial charge is 0.340 e. The van der Waals surface area contributed by atoms with E-state index in [2.05, 4.69) is 15.3 Å². The summed E-state index contributed by atoms with van der Waals surface area (Å²) in [6, 6.07) is 0. The Balaban J connectivity index is 1.83. The summed E-state index contributed by atoms with van der Waals surface area (Å²) in [7, 11) is 0. The van der Waals surface area contributed by atoms with Crippen molar-refractivity contribution in [2.24, 2.45) is 5.41 Å². The molecule has 0 radical (unpaired) electrons. The number of hydrogen-bond acceptors (Lipinski definition) is 4. The fourth-order valence-electron chi connectivity index (χ4n) is 2.13. The van der Waals surface area contributed by atoms with Crippen molar-refractivity contribution in [3.05, 3.63) is 16.6 Å². The summed E-state index contributed by atoms with van der Waals surface area (Å²) < 4.78 is 0. The first-order valence-electron chi connectivity index (χ1n) is 6.35. The predicted molar refractivity (Wildman–Crippen MR) is 73.4 cm³/mol. The maximum atomic E-state index is 12.1. The number of piperazine rings is 1. The Kier molecular flexibility index (Phi) is 4.02. The molecule has 0 aromatic carbocycles. The van der Waals surface area contributed by atoms with Gasteiger partial charge in [0.15, 0.2) is 0 Å². The van der Waals surface area contributed by atoms with E-state index in [0.717, 1.165) is 38.4 Å². The molecule has 18 heavy (non-hydrogen) atoms. The minimum Gasteiger partial charge on any atom is -0.340 e. The maximum absolute atomic E-state index is 12.1. The minimum atomic E-state index is -0.267. The molecule has 0 atom stereocenters. The second-order valence-corrected chi connectivity index (χ2v) is 6.52. The first-order valence-corrected chi connectivity index (χ1v) is 7.30. The van der Waals surface area contributed by atoms with Crippen molar-refractivity contribution >= 4 is 17.2 Å². The molecule has 0 bridgehead atoms. The van der Waals surface area contributed by atoms with Crippen molar-refractivity contribution in [3.8, 4) is 0 Å². The summed E-state index contributed by atoms with van der Waals surface area (Å²) >= 11 is 1.63. The third-order valence-electron chi connectivity index (χ3n) is 3.17. The van der Waals surface area contributed by atoms with Crippen LogP contribution in [0, 0.1) is 5.41 Å². The molecule has 5 heteroatoms. The SMILES string of the molecule is CC(C)(C)C(=O)N1CCN(Cc2cscn2)CC1.